The molecule has 3 amide bonds. The van der Waals surface area contributed by atoms with Gasteiger partial charge in [0.2, 0.25) is 17.7 Å². The topological polar surface area (TPSA) is 199 Å². The Kier molecular flexibility index (Phi) is 13.0. The number of phenols is 1. The molecule has 320 valence electrons. The number of hydrogen-bond acceptors (Lipinski definition) is 12. The fourth-order valence-electron chi connectivity index (χ4n) is 8.10. The monoisotopic (exact) mass is 845 g/mol. The minimum Gasteiger partial charge on any atom is -0.507 e. The van der Waals surface area contributed by atoms with Crippen LogP contribution in [0.2, 0.25) is 0 Å². The number of likely N-dealkylation sites (tertiary alicyclic amines) is 2. The molecule has 7 rings (SSSR count). The predicted molar refractivity (Wildman–Crippen MR) is 238 cm³/mol. The standard InChI is InChI=1S/C46H55N9O5S/c1-27(29-10-12-31(13-11-29)41-28(2)48-26-61-41)49-44(59)38-22-34(56)24-55(38)45(60)42(46(3,4)5)51-40(58)25-54-20-18-33(19-21-54)50-32-16-14-30(15-17-32)36-23-37(52-53-43(36)47)35-8-6-7-9-39(35)57/h6-17,23,26-27,33-34,38,42,50,56-57H,18-22,24-25H2,1-5H3,(H2,47,53)(H,49,59)(H,51,58)/t27?,34-,38+,42?/m1/s1. The maximum Gasteiger partial charge on any atom is 0.246 e. The molecule has 14 nitrogen and oxygen atoms in total. The second kappa shape index (κ2) is 18.4. The number of piperidine rings is 1. The van der Waals surface area contributed by atoms with Gasteiger partial charge in [-0.25, -0.2) is 4.98 Å². The predicted octanol–water partition coefficient (Wildman–Crippen LogP) is 5.78. The number of rotatable bonds is 12. The van der Waals surface area contributed by atoms with Gasteiger partial charge in [0.15, 0.2) is 5.82 Å². The van der Waals surface area contributed by atoms with Crippen molar-refractivity contribution in [2.75, 3.05) is 37.2 Å². The van der Waals surface area contributed by atoms with Crippen molar-refractivity contribution in [1.82, 2.24) is 35.6 Å². The van der Waals surface area contributed by atoms with Crippen LogP contribution < -0.4 is 21.7 Å². The number of benzene rings is 3. The van der Waals surface area contributed by atoms with Gasteiger partial charge in [0.1, 0.15) is 17.8 Å². The van der Waals surface area contributed by atoms with Gasteiger partial charge in [-0.2, -0.15) is 0 Å². The van der Waals surface area contributed by atoms with E-state index < -0.39 is 23.6 Å². The van der Waals surface area contributed by atoms with Crippen LogP contribution in [0.5, 0.6) is 5.75 Å². The first-order valence-electron chi connectivity index (χ1n) is 20.7. The van der Waals surface area contributed by atoms with Crippen LogP contribution in [-0.4, -0.2) is 103 Å². The van der Waals surface area contributed by atoms with Crippen molar-refractivity contribution in [3.05, 3.63) is 95.6 Å². The molecule has 4 heterocycles. The molecule has 7 N–H and O–H groups in total. The van der Waals surface area contributed by atoms with E-state index in [9.17, 15) is 24.6 Å². The van der Waals surface area contributed by atoms with E-state index in [0.29, 0.717) is 30.2 Å². The smallest absolute Gasteiger partial charge is 0.246 e. The molecule has 2 aliphatic heterocycles. The van der Waals surface area contributed by atoms with E-state index in [-0.39, 0.29) is 55.1 Å². The molecule has 5 aromatic rings. The van der Waals surface area contributed by atoms with Gasteiger partial charge in [0.25, 0.3) is 0 Å². The SMILES string of the molecule is Cc1ncsc1-c1ccc(C(C)NC(=O)[C@@H]2C[C@@H](O)CN2C(=O)C(NC(=O)CN2CCC(Nc3ccc(-c4cc(-c5ccccc5O)nnc4N)cc3)CC2)C(C)(C)C)cc1. The highest BCUT2D eigenvalue weighted by atomic mass is 32.1. The molecule has 0 bridgehead atoms. The third kappa shape index (κ3) is 10.2. The molecule has 15 heteroatoms. The van der Waals surface area contributed by atoms with E-state index >= 15 is 0 Å². The normalized spacial score (nSPS) is 18.4. The van der Waals surface area contributed by atoms with Crippen molar-refractivity contribution >= 4 is 40.6 Å². The number of amides is 3. The summed E-state index contributed by atoms with van der Waals surface area (Å²) in [5.74, 6) is -0.589. The van der Waals surface area contributed by atoms with Gasteiger partial charge in [-0.1, -0.05) is 69.3 Å². The van der Waals surface area contributed by atoms with Gasteiger partial charge in [0.05, 0.1) is 40.5 Å². The number of carbonyl (C=O) groups is 3. The molecule has 0 spiro atoms. The number of carbonyl (C=O) groups excluding carboxylic acids is 3. The van der Waals surface area contributed by atoms with Crippen molar-refractivity contribution in [2.24, 2.45) is 5.41 Å². The number of phenolic OH excluding ortho intramolecular Hbond substituents is 1. The van der Waals surface area contributed by atoms with Gasteiger partial charge >= 0.3 is 0 Å². The summed E-state index contributed by atoms with van der Waals surface area (Å²) in [4.78, 5) is 50.4. The van der Waals surface area contributed by atoms with Gasteiger partial charge in [-0.3, -0.25) is 19.3 Å². The van der Waals surface area contributed by atoms with Gasteiger partial charge in [0, 0.05) is 48.9 Å². The number of aryl methyl sites for hydroxylation is 1. The summed E-state index contributed by atoms with van der Waals surface area (Å²) >= 11 is 1.58. The number of nitrogens with zero attached hydrogens (tertiary/aromatic N) is 5. The molecule has 2 fully saturated rings. The van der Waals surface area contributed by atoms with E-state index in [4.69, 9.17) is 5.73 Å². The van der Waals surface area contributed by atoms with Gasteiger partial charge in [-0.05, 0) is 79.1 Å². The first kappa shape index (κ1) is 43.2. The number of aromatic hydroxyl groups is 1. The summed E-state index contributed by atoms with van der Waals surface area (Å²) in [6, 6.07) is 22.8. The number of aromatic nitrogens is 3. The van der Waals surface area contributed by atoms with Gasteiger partial charge in [-0.15, -0.1) is 21.5 Å². The number of hydrogen-bond donors (Lipinski definition) is 6. The Hall–Kier alpha value is -5.90. The summed E-state index contributed by atoms with van der Waals surface area (Å²) in [7, 11) is 0. The Bertz CT molecular complexity index is 2340. The van der Waals surface area contributed by atoms with Crippen LogP contribution in [0.3, 0.4) is 0 Å². The Labute approximate surface area is 360 Å². The molecular formula is C46H55N9O5S. The molecule has 2 saturated heterocycles. The van der Waals surface area contributed by atoms with E-state index in [1.807, 2.05) is 101 Å². The maximum absolute atomic E-state index is 14.2. The van der Waals surface area contributed by atoms with Gasteiger partial charge < -0.3 is 36.8 Å². The van der Waals surface area contributed by atoms with Crippen LogP contribution in [0.1, 0.15) is 64.3 Å². The average Bonchev–Trinajstić information content (AvgIpc) is 3.86. The Morgan fingerprint density at radius 3 is 2.28 bits per heavy atom. The Morgan fingerprint density at radius 1 is 0.934 bits per heavy atom. The number of β-amino-alcohol motifs (C(OH)–C–C–N with tert-alkyl or cyclic N) is 1. The van der Waals surface area contributed by atoms with Crippen LogP contribution in [0, 0.1) is 12.3 Å². The molecule has 0 radical (unpaired) electrons. The van der Waals surface area contributed by atoms with Crippen molar-refractivity contribution in [2.45, 2.75) is 84.2 Å². The highest BCUT2D eigenvalue weighted by Gasteiger charge is 2.45. The zero-order valence-electron chi connectivity index (χ0n) is 35.3. The number of anilines is 2. The number of thiazole rings is 1. The minimum absolute atomic E-state index is 0.00939. The molecule has 4 atom stereocenters. The molecule has 2 aliphatic rings. The van der Waals surface area contributed by atoms with Crippen LogP contribution in [0.25, 0.3) is 32.8 Å². The summed E-state index contributed by atoms with van der Waals surface area (Å²) in [6.45, 7) is 11.1. The minimum atomic E-state index is -0.904. The van der Waals surface area contributed by atoms with E-state index in [1.54, 1.807) is 29.5 Å². The number of nitrogens with two attached hydrogens (primary N) is 1. The first-order chi connectivity index (χ1) is 29.1. The summed E-state index contributed by atoms with van der Waals surface area (Å²) in [5, 5.41) is 39.0. The fourth-order valence-corrected chi connectivity index (χ4v) is 8.91. The zero-order chi connectivity index (χ0) is 43.4. The number of nitrogens with one attached hydrogen (secondary N) is 3. The molecule has 0 aliphatic carbocycles. The molecule has 2 unspecified atom stereocenters. The largest absolute Gasteiger partial charge is 0.507 e. The number of nitrogen functional groups attached to an aromatic ring is 1. The summed E-state index contributed by atoms with van der Waals surface area (Å²) in [5.41, 5.74) is 14.0. The third-order valence-corrected chi connectivity index (χ3v) is 12.6. The zero-order valence-corrected chi connectivity index (χ0v) is 36.1. The number of aliphatic hydroxyl groups excluding tert-OH is 1. The van der Waals surface area contributed by atoms with Crippen LogP contribution in [0.4, 0.5) is 11.5 Å². The number of aliphatic hydroxyl groups is 1. The maximum atomic E-state index is 14.2. The highest BCUT2D eigenvalue weighted by molar-refractivity contribution is 7.13. The van der Waals surface area contributed by atoms with E-state index in [2.05, 4.69) is 36.0 Å². The Balaban J connectivity index is 0.908. The average molecular weight is 846 g/mol. The third-order valence-electron chi connectivity index (χ3n) is 11.6. The quantitative estimate of drug-likeness (QED) is 0.0891. The van der Waals surface area contributed by atoms with Crippen molar-refractivity contribution < 1.29 is 24.6 Å². The van der Waals surface area contributed by atoms with Crippen molar-refractivity contribution in [1.29, 1.82) is 0 Å². The number of para-hydroxylation sites is 1. The lowest BCUT2D eigenvalue weighted by Gasteiger charge is -2.36. The Morgan fingerprint density at radius 2 is 1.62 bits per heavy atom. The second-order valence-electron chi connectivity index (χ2n) is 17.2. The second-order valence-corrected chi connectivity index (χ2v) is 18.1. The molecule has 3 aromatic carbocycles. The van der Waals surface area contributed by atoms with E-state index in [1.165, 1.54) is 4.90 Å². The summed E-state index contributed by atoms with van der Waals surface area (Å²) < 4.78 is 0. The molecular weight excluding hydrogens is 791 g/mol. The highest BCUT2D eigenvalue weighted by Crippen LogP contribution is 2.34. The van der Waals surface area contributed by atoms with Crippen LogP contribution >= 0.6 is 11.3 Å². The summed E-state index contributed by atoms with van der Waals surface area (Å²) in [6.07, 6.45) is 0.893. The lowest BCUT2D eigenvalue weighted by molar-refractivity contribution is -0.144. The molecule has 61 heavy (non-hydrogen) atoms. The lowest BCUT2D eigenvalue weighted by Crippen LogP contribution is -2.59. The molecule has 2 aromatic heterocycles. The van der Waals surface area contributed by atoms with Crippen molar-refractivity contribution in [3.63, 3.8) is 0 Å². The molecule has 0 saturated carbocycles. The van der Waals surface area contributed by atoms with Crippen LogP contribution in [0.15, 0.2) is 84.4 Å². The van der Waals surface area contributed by atoms with Crippen molar-refractivity contribution in [3.8, 4) is 38.6 Å². The fraction of sp³-hybridized carbons (Fsp3) is 0.391. The first-order valence-corrected chi connectivity index (χ1v) is 21.6. The van der Waals surface area contributed by atoms with E-state index in [0.717, 1.165) is 51.4 Å². The lowest BCUT2D eigenvalue weighted by atomic mass is 9.85. The van der Waals surface area contributed by atoms with Crippen LogP contribution in [-0.2, 0) is 14.4 Å².